The first kappa shape index (κ1) is 34.3. The van der Waals surface area contributed by atoms with E-state index in [0.29, 0.717) is 32.2 Å². The van der Waals surface area contributed by atoms with E-state index in [1.165, 1.54) is 22.3 Å². The third-order valence-electron chi connectivity index (χ3n) is 5.15. The molecule has 0 amide bonds. The van der Waals surface area contributed by atoms with Crippen molar-refractivity contribution in [2.75, 3.05) is 0 Å². The molecule has 2 aliphatic carbocycles. The van der Waals surface area contributed by atoms with E-state index in [-0.39, 0.29) is 51.0 Å². The van der Waals surface area contributed by atoms with Gasteiger partial charge in [-0.15, -0.1) is 0 Å². The van der Waals surface area contributed by atoms with Crippen LogP contribution in [-0.2, 0) is 26.2 Å². The zero-order valence-electron chi connectivity index (χ0n) is 20.4. The maximum Gasteiger partial charge on any atom is 4.00 e. The van der Waals surface area contributed by atoms with Gasteiger partial charge in [-0.05, 0) is 0 Å². The van der Waals surface area contributed by atoms with Crippen LogP contribution in [0, 0.1) is 34.8 Å². The van der Waals surface area contributed by atoms with Crippen LogP contribution in [0.25, 0.3) is 0 Å². The van der Waals surface area contributed by atoms with Crippen molar-refractivity contribution in [2.24, 2.45) is 22.7 Å². The van der Waals surface area contributed by atoms with E-state index in [0.717, 1.165) is 0 Å². The topological polar surface area (TPSA) is 0 Å². The zero-order valence-corrected chi connectivity index (χ0v) is 25.8. The standard InChI is InChI=1S/2C11H17.C3H8Si.2ClH.Zr/c2*1-8-6-9(2)10(7-8)11(3,4)5;1-2-4-3-1;;;/h2*7-8H,1-5H3;1-4H2;2*1H;/q2*-1;;;;+4/p-2. The summed E-state index contributed by atoms with van der Waals surface area (Å²) >= 11 is 0. The fourth-order valence-corrected chi connectivity index (χ4v) is 4.05. The Balaban J connectivity index is -0.000000359. The molecule has 0 radical (unpaired) electrons. The molecule has 3 aliphatic rings. The Kier molecular flexibility index (Phi) is 17.3. The molecule has 2 atom stereocenters. The maximum atomic E-state index is 3.40. The van der Waals surface area contributed by atoms with Gasteiger partial charge in [0.05, 0.1) is 0 Å². The predicted octanol–water partition coefficient (Wildman–Crippen LogP) is 1.12. The Morgan fingerprint density at radius 3 is 1.07 bits per heavy atom. The molecule has 0 aromatic carbocycles. The quantitative estimate of drug-likeness (QED) is 0.324. The second kappa shape index (κ2) is 14.7. The first-order valence-corrected chi connectivity index (χ1v) is 12.5. The number of hydrogen-bond acceptors (Lipinski definition) is 0. The molecule has 0 spiro atoms. The van der Waals surface area contributed by atoms with E-state index < -0.39 is 0 Å². The molecule has 4 heteroatoms. The van der Waals surface area contributed by atoms with Gasteiger partial charge >= 0.3 is 26.2 Å². The van der Waals surface area contributed by atoms with Gasteiger partial charge in [-0.1, -0.05) is 110 Å². The summed E-state index contributed by atoms with van der Waals surface area (Å²) in [5, 5.41) is 0. The van der Waals surface area contributed by atoms with Gasteiger partial charge in [0.25, 0.3) is 0 Å². The molecule has 0 saturated carbocycles. The summed E-state index contributed by atoms with van der Waals surface area (Å²) in [6, 6.07) is 3.28. The zero-order chi connectivity index (χ0) is 20.1. The molecule has 1 aliphatic heterocycles. The van der Waals surface area contributed by atoms with Crippen LogP contribution in [0.1, 0.15) is 75.7 Å². The van der Waals surface area contributed by atoms with E-state index in [2.05, 4.69) is 93.5 Å². The van der Waals surface area contributed by atoms with Gasteiger partial charge in [-0.3, -0.25) is 12.2 Å². The summed E-state index contributed by atoms with van der Waals surface area (Å²) in [7, 11) is 0.605. The fourth-order valence-electron chi connectivity index (χ4n) is 3.55. The number of hydrogen-bond donors (Lipinski definition) is 0. The van der Waals surface area contributed by atoms with Gasteiger partial charge in [0.1, 0.15) is 0 Å². The van der Waals surface area contributed by atoms with Crippen molar-refractivity contribution in [1.82, 2.24) is 0 Å². The smallest absolute Gasteiger partial charge is 1.00 e. The van der Waals surface area contributed by atoms with Crippen LogP contribution < -0.4 is 24.8 Å². The molecular formula is C25H42Cl2SiZr. The third kappa shape index (κ3) is 12.3. The summed E-state index contributed by atoms with van der Waals surface area (Å²) in [5.41, 5.74) is 6.19. The summed E-state index contributed by atoms with van der Waals surface area (Å²) in [6.07, 6.45) is 13.0. The van der Waals surface area contributed by atoms with Crippen molar-refractivity contribution in [3.8, 4) is 0 Å². The van der Waals surface area contributed by atoms with E-state index in [1.807, 2.05) is 0 Å². The van der Waals surface area contributed by atoms with Crippen molar-refractivity contribution >= 4 is 9.52 Å². The van der Waals surface area contributed by atoms with Crippen LogP contribution in [-0.4, -0.2) is 9.52 Å². The largest absolute Gasteiger partial charge is 4.00 e. The second-order valence-corrected chi connectivity index (χ2v) is 12.3. The monoisotopic (exact) mass is 530 g/mol. The second-order valence-electron chi connectivity index (χ2n) is 10.2. The summed E-state index contributed by atoms with van der Waals surface area (Å²) in [4.78, 5) is 0. The molecule has 0 nitrogen and oxygen atoms in total. The summed E-state index contributed by atoms with van der Waals surface area (Å²) in [5.74, 6) is 1.04. The minimum atomic E-state index is 0. The molecule has 1 fully saturated rings. The van der Waals surface area contributed by atoms with Crippen LogP contribution >= 0.6 is 0 Å². The molecule has 0 aromatic heterocycles. The minimum absolute atomic E-state index is 0. The Morgan fingerprint density at radius 1 is 0.759 bits per heavy atom. The average Bonchev–Trinajstić information content (AvgIpc) is 2.89. The van der Waals surface area contributed by atoms with Crippen molar-refractivity contribution in [1.29, 1.82) is 0 Å². The molecule has 164 valence electrons. The van der Waals surface area contributed by atoms with Crippen molar-refractivity contribution in [3.63, 3.8) is 0 Å². The first-order chi connectivity index (χ1) is 11.8. The fraction of sp³-hybridized carbons (Fsp3) is 0.680. The van der Waals surface area contributed by atoms with Gasteiger partial charge < -0.3 is 24.8 Å². The van der Waals surface area contributed by atoms with E-state index in [1.54, 1.807) is 18.5 Å². The van der Waals surface area contributed by atoms with Crippen molar-refractivity contribution in [3.05, 3.63) is 46.6 Å². The molecule has 0 bridgehead atoms. The molecule has 1 saturated heterocycles. The predicted molar refractivity (Wildman–Crippen MR) is 121 cm³/mol. The SMILES string of the molecule is C1C[SiH2]C1.CC1=[C-]C(C)C=C1C(C)(C)C.CC1=[C-]C(C)C=C1C(C)(C)C.[Cl-].[Cl-].[Zr+4]. The molecule has 0 aromatic rings. The van der Waals surface area contributed by atoms with Gasteiger partial charge in [-0.25, -0.2) is 11.1 Å². The molecule has 29 heavy (non-hydrogen) atoms. The third-order valence-corrected chi connectivity index (χ3v) is 7.15. The Labute approximate surface area is 216 Å². The normalized spacial score (nSPS) is 22.3. The number of rotatable bonds is 0. The summed E-state index contributed by atoms with van der Waals surface area (Å²) in [6.45, 7) is 22.2. The minimum Gasteiger partial charge on any atom is -1.00 e. The molecule has 2 unspecified atom stereocenters. The average molecular weight is 533 g/mol. The Morgan fingerprint density at radius 2 is 1.00 bits per heavy atom. The van der Waals surface area contributed by atoms with Crippen LogP contribution in [0.3, 0.4) is 0 Å². The van der Waals surface area contributed by atoms with Crippen LogP contribution in [0.5, 0.6) is 0 Å². The molecule has 1 heterocycles. The van der Waals surface area contributed by atoms with Crippen LogP contribution in [0.15, 0.2) is 34.4 Å². The summed E-state index contributed by atoms with van der Waals surface area (Å²) < 4.78 is 0. The van der Waals surface area contributed by atoms with Crippen LogP contribution in [0.4, 0.5) is 0 Å². The maximum absolute atomic E-state index is 3.40. The van der Waals surface area contributed by atoms with Gasteiger partial charge in [0.15, 0.2) is 0 Å². The molecule has 3 rings (SSSR count). The van der Waals surface area contributed by atoms with E-state index >= 15 is 0 Å². The molecular weight excluding hydrogens is 490 g/mol. The van der Waals surface area contributed by atoms with Crippen LogP contribution in [0.2, 0.25) is 12.1 Å². The van der Waals surface area contributed by atoms with Gasteiger partial charge in [0.2, 0.25) is 0 Å². The number of allylic oxidation sites excluding steroid dienone is 8. The van der Waals surface area contributed by atoms with Gasteiger partial charge in [0, 0.05) is 9.52 Å². The first-order valence-electron chi connectivity index (χ1n) is 10.5. The Bertz CT molecular complexity index is 543. The Hall–Kier alpha value is 0.640. The van der Waals surface area contributed by atoms with Crippen molar-refractivity contribution < 1.29 is 51.0 Å². The molecule has 0 N–H and O–H groups in total. The van der Waals surface area contributed by atoms with E-state index in [4.69, 9.17) is 0 Å². The van der Waals surface area contributed by atoms with E-state index in [9.17, 15) is 0 Å². The van der Waals surface area contributed by atoms with Gasteiger partial charge in [-0.2, -0.15) is 23.3 Å². The van der Waals surface area contributed by atoms with Crippen molar-refractivity contribution in [2.45, 2.75) is 87.7 Å². The number of halogens is 2.